The Hall–Kier alpha value is -1.37. The number of rotatable bonds is 4. The van der Waals surface area contributed by atoms with Crippen LogP contribution in [-0.2, 0) is 0 Å². The smallest absolute Gasteiger partial charge is 0.144 e. The molecule has 0 bridgehead atoms. The normalized spacial score (nSPS) is 14.4. The lowest BCUT2D eigenvalue weighted by Crippen LogP contribution is -2.10. The third-order valence-electron chi connectivity index (χ3n) is 2.72. The number of nitrogens with zero attached hydrogens (tertiary/aromatic N) is 3. The summed E-state index contributed by atoms with van der Waals surface area (Å²) in [6.07, 6.45) is 3.92. The number of halogens is 1. The number of nitrogens with one attached hydrogen (secondary N) is 1. The van der Waals surface area contributed by atoms with Crippen molar-refractivity contribution >= 4 is 29.2 Å². The van der Waals surface area contributed by atoms with E-state index in [0.29, 0.717) is 16.8 Å². The van der Waals surface area contributed by atoms with Crippen molar-refractivity contribution < 1.29 is 0 Å². The number of hydrogen-bond donors (Lipinski definition) is 2. The van der Waals surface area contributed by atoms with Gasteiger partial charge in [0, 0.05) is 18.2 Å². The van der Waals surface area contributed by atoms with E-state index in [1.54, 1.807) is 6.20 Å². The molecule has 0 unspecified atom stereocenters. The van der Waals surface area contributed by atoms with Gasteiger partial charge in [0.15, 0.2) is 0 Å². The first-order valence-corrected chi connectivity index (χ1v) is 7.09. The van der Waals surface area contributed by atoms with E-state index in [2.05, 4.69) is 20.4 Å². The fourth-order valence-corrected chi connectivity index (χ4v) is 2.50. The lowest BCUT2D eigenvalue weighted by molar-refractivity contribution is 0.877. The quantitative estimate of drug-likeness (QED) is 0.513. The van der Waals surface area contributed by atoms with Crippen LogP contribution in [0.2, 0.25) is 5.02 Å². The lowest BCUT2D eigenvalue weighted by atomic mass is 10.4. The molecule has 2 heterocycles. The minimum Gasteiger partial charge on any atom is -0.308 e. The average molecular weight is 294 g/mol. The Morgan fingerprint density at radius 2 is 2.11 bits per heavy atom. The van der Waals surface area contributed by atoms with Crippen LogP contribution >= 0.6 is 23.4 Å². The van der Waals surface area contributed by atoms with Gasteiger partial charge in [0.1, 0.15) is 21.7 Å². The highest BCUT2D eigenvalue weighted by atomic mass is 35.5. The van der Waals surface area contributed by atoms with Crippen LogP contribution in [0.3, 0.4) is 0 Å². The number of nitrogen functional groups attached to an aromatic ring is 1. The highest BCUT2D eigenvalue weighted by Gasteiger charge is 2.27. The van der Waals surface area contributed by atoms with Crippen LogP contribution in [0.4, 0.5) is 5.82 Å². The standard InChI is InChI=1S/C12H12ClN5S/c13-8-3-4-10(15-6-8)19-11-5-9(18-14)16-12(17-11)7-1-2-7/h3-7H,1-2,14H2,(H,16,17,18). The van der Waals surface area contributed by atoms with E-state index in [1.807, 2.05) is 18.2 Å². The molecule has 0 aromatic carbocycles. The molecule has 1 aliphatic carbocycles. The van der Waals surface area contributed by atoms with E-state index in [1.165, 1.54) is 11.8 Å². The molecule has 1 saturated carbocycles. The maximum absolute atomic E-state index is 5.81. The number of aromatic nitrogens is 3. The molecule has 7 heteroatoms. The second-order valence-electron chi connectivity index (χ2n) is 4.28. The Labute approximate surface area is 120 Å². The third-order valence-corrected chi connectivity index (χ3v) is 3.81. The summed E-state index contributed by atoms with van der Waals surface area (Å²) in [6, 6.07) is 5.48. The minimum absolute atomic E-state index is 0.478. The number of nitrogens with two attached hydrogens (primary N) is 1. The van der Waals surface area contributed by atoms with Gasteiger partial charge in [0.2, 0.25) is 0 Å². The molecule has 2 aromatic rings. The van der Waals surface area contributed by atoms with Gasteiger partial charge in [-0.05, 0) is 36.7 Å². The van der Waals surface area contributed by atoms with Gasteiger partial charge in [-0.1, -0.05) is 11.6 Å². The third kappa shape index (κ3) is 3.15. The van der Waals surface area contributed by atoms with Gasteiger partial charge in [-0.25, -0.2) is 20.8 Å². The van der Waals surface area contributed by atoms with Crippen molar-refractivity contribution in [3.63, 3.8) is 0 Å². The molecule has 0 atom stereocenters. The van der Waals surface area contributed by atoms with E-state index >= 15 is 0 Å². The number of pyridine rings is 1. The van der Waals surface area contributed by atoms with Crippen LogP contribution in [0.15, 0.2) is 34.4 Å². The second kappa shape index (κ2) is 5.32. The van der Waals surface area contributed by atoms with Crippen molar-refractivity contribution in [2.75, 3.05) is 5.43 Å². The first kappa shape index (κ1) is 12.7. The highest BCUT2D eigenvalue weighted by Crippen LogP contribution is 2.39. The van der Waals surface area contributed by atoms with Gasteiger partial charge < -0.3 is 5.43 Å². The zero-order valence-corrected chi connectivity index (χ0v) is 11.6. The van der Waals surface area contributed by atoms with Crippen molar-refractivity contribution in [2.45, 2.75) is 28.8 Å². The van der Waals surface area contributed by atoms with Crippen molar-refractivity contribution in [1.82, 2.24) is 15.0 Å². The van der Waals surface area contributed by atoms with E-state index in [-0.39, 0.29) is 0 Å². The molecule has 3 rings (SSSR count). The van der Waals surface area contributed by atoms with E-state index in [0.717, 1.165) is 28.7 Å². The Balaban J connectivity index is 1.86. The van der Waals surface area contributed by atoms with E-state index in [9.17, 15) is 0 Å². The summed E-state index contributed by atoms with van der Waals surface area (Å²) in [6.45, 7) is 0. The van der Waals surface area contributed by atoms with Gasteiger partial charge in [0.05, 0.1) is 5.02 Å². The molecule has 0 amide bonds. The highest BCUT2D eigenvalue weighted by molar-refractivity contribution is 7.99. The zero-order chi connectivity index (χ0) is 13.2. The van der Waals surface area contributed by atoms with Gasteiger partial charge >= 0.3 is 0 Å². The summed E-state index contributed by atoms with van der Waals surface area (Å²) in [4.78, 5) is 13.2. The predicted molar refractivity (Wildman–Crippen MR) is 75.2 cm³/mol. The van der Waals surface area contributed by atoms with E-state index < -0.39 is 0 Å². The predicted octanol–water partition coefficient (Wildman–Crippen LogP) is 2.84. The summed E-state index contributed by atoms with van der Waals surface area (Å²) in [5.74, 6) is 7.40. The minimum atomic E-state index is 0.478. The molecule has 19 heavy (non-hydrogen) atoms. The van der Waals surface area contributed by atoms with Crippen LogP contribution < -0.4 is 11.3 Å². The summed E-state index contributed by atoms with van der Waals surface area (Å²) in [7, 11) is 0. The van der Waals surface area contributed by atoms with Gasteiger partial charge in [-0.3, -0.25) is 0 Å². The molecule has 5 nitrogen and oxygen atoms in total. The molecule has 1 aliphatic rings. The van der Waals surface area contributed by atoms with Crippen LogP contribution in [-0.4, -0.2) is 15.0 Å². The van der Waals surface area contributed by atoms with Crippen molar-refractivity contribution in [1.29, 1.82) is 0 Å². The molecular formula is C12H12ClN5S. The fourth-order valence-electron chi connectivity index (χ4n) is 1.62. The monoisotopic (exact) mass is 293 g/mol. The van der Waals surface area contributed by atoms with Crippen molar-refractivity contribution in [2.24, 2.45) is 5.84 Å². The second-order valence-corrected chi connectivity index (χ2v) is 5.76. The molecule has 0 aliphatic heterocycles. The summed E-state index contributed by atoms with van der Waals surface area (Å²) in [5.41, 5.74) is 2.58. The Morgan fingerprint density at radius 3 is 2.74 bits per heavy atom. The fraction of sp³-hybridized carbons (Fsp3) is 0.250. The molecule has 98 valence electrons. The number of anilines is 1. The zero-order valence-electron chi connectivity index (χ0n) is 10.0. The Bertz CT molecular complexity index is 585. The molecule has 0 saturated heterocycles. The largest absolute Gasteiger partial charge is 0.308 e. The Kier molecular flexibility index (Phi) is 3.54. The van der Waals surface area contributed by atoms with Crippen LogP contribution in [0.25, 0.3) is 0 Å². The average Bonchev–Trinajstić information content (AvgIpc) is 3.25. The molecular weight excluding hydrogens is 282 g/mol. The van der Waals surface area contributed by atoms with Crippen LogP contribution in [0.5, 0.6) is 0 Å². The van der Waals surface area contributed by atoms with Crippen LogP contribution in [0.1, 0.15) is 24.6 Å². The van der Waals surface area contributed by atoms with Crippen molar-refractivity contribution in [3.8, 4) is 0 Å². The van der Waals surface area contributed by atoms with Crippen molar-refractivity contribution in [3.05, 3.63) is 35.2 Å². The summed E-state index contributed by atoms with van der Waals surface area (Å²) >= 11 is 7.28. The maximum Gasteiger partial charge on any atom is 0.144 e. The molecule has 0 spiro atoms. The summed E-state index contributed by atoms with van der Waals surface area (Å²) in [5, 5.41) is 2.29. The van der Waals surface area contributed by atoms with Gasteiger partial charge in [-0.15, -0.1) is 0 Å². The molecule has 3 N–H and O–H groups in total. The van der Waals surface area contributed by atoms with Gasteiger partial charge in [0.25, 0.3) is 0 Å². The first-order valence-electron chi connectivity index (χ1n) is 5.89. The topological polar surface area (TPSA) is 76.7 Å². The molecule has 2 aromatic heterocycles. The maximum atomic E-state index is 5.81. The lowest BCUT2D eigenvalue weighted by Gasteiger charge is -2.06. The van der Waals surface area contributed by atoms with Gasteiger partial charge in [-0.2, -0.15) is 0 Å². The molecule has 1 fully saturated rings. The summed E-state index contributed by atoms with van der Waals surface area (Å²) < 4.78 is 0. The molecule has 0 radical (unpaired) electrons. The van der Waals surface area contributed by atoms with Crippen LogP contribution in [0, 0.1) is 0 Å². The van der Waals surface area contributed by atoms with E-state index in [4.69, 9.17) is 17.4 Å². The first-order chi connectivity index (χ1) is 9.24. The SMILES string of the molecule is NNc1cc(Sc2ccc(Cl)cn2)nc(C2CC2)n1. The number of hydrazine groups is 1. The number of hydrogen-bond acceptors (Lipinski definition) is 6. The Morgan fingerprint density at radius 1 is 1.26 bits per heavy atom.